The van der Waals surface area contributed by atoms with Gasteiger partial charge in [0.15, 0.2) is 0 Å². The van der Waals surface area contributed by atoms with Crippen molar-refractivity contribution in [2.75, 3.05) is 36.8 Å². The zero-order chi connectivity index (χ0) is 13.4. The van der Waals surface area contributed by atoms with Gasteiger partial charge in [-0.25, -0.2) is 4.79 Å². The van der Waals surface area contributed by atoms with Crippen LogP contribution in [0.1, 0.15) is 23.2 Å². The van der Waals surface area contributed by atoms with Gasteiger partial charge in [0.2, 0.25) is 0 Å². The number of hydrogen-bond acceptors (Lipinski definition) is 4. The van der Waals surface area contributed by atoms with Gasteiger partial charge in [-0.1, -0.05) is 0 Å². The van der Waals surface area contributed by atoms with Crippen molar-refractivity contribution in [1.82, 2.24) is 4.90 Å². The van der Waals surface area contributed by atoms with E-state index in [4.69, 9.17) is 10.8 Å². The highest BCUT2D eigenvalue weighted by atomic mass is 16.4. The van der Waals surface area contributed by atoms with Gasteiger partial charge in [-0.2, -0.15) is 0 Å². The van der Waals surface area contributed by atoms with E-state index in [0.717, 1.165) is 25.3 Å². The van der Waals surface area contributed by atoms with Crippen LogP contribution in [-0.2, 0) is 0 Å². The molecule has 0 amide bonds. The molecule has 0 aliphatic carbocycles. The van der Waals surface area contributed by atoms with Crippen LogP contribution in [0.25, 0.3) is 0 Å². The fraction of sp³-hybridized carbons (Fsp3) is 0.500. The van der Waals surface area contributed by atoms with E-state index >= 15 is 0 Å². The first-order chi connectivity index (χ1) is 9.15. The molecule has 5 heteroatoms. The lowest BCUT2D eigenvalue weighted by Crippen LogP contribution is -2.50. The maximum atomic E-state index is 11.1. The van der Waals surface area contributed by atoms with E-state index in [2.05, 4.69) is 9.80 Å². The SMILES string of the molecule is Nc1ccc(C(=O)O)cc1N1CCN2CCCC2C1. The van der Waals surface area contributed by atoms with Crippen LogP contribution in [0.5, 0.6) is 0 Å². The number of rotatable bonds is 2. The molecule has 2 heterocycles. The monoisotopic (exact) mass is 261 g/mol. The molecule has 0 radical (unpaired) electrons. The number of aromatic carboxylic acids is 1. The Bertz CT molecular complexity index is 503. The topological polar surface area (TPSA) is 69.8 Å². The minimum absolute atomic E-state index is 0.304. The lowest BCUT2D eigenvalue weighted by molar-refractivity contribution is 0.0697. The van der Waals surface area contributed by atoms with Crippen LogP contribution in [0.3, 0.4) is 0 Å². The number of fused-ring (bicyclic) bond motifs is 1. The molecule has 3 rings (SSSR count). The first-order valence-electron chi connectivity index (χ1n) is 6.77. The molecule has 2 saturated heterocycles. The molecule has 0 bridgehead atoms. The molecule has 5 nitrogen and oxygen atoms in total. The summed E-state index contributed by atoms with van der Waals surface area (Å²) < 4.78 is 0. The van der Waals surface area contributed by atoms with E-state index in [1.165, 1.54) is 19.4 Å². The van der Waals surface area contributed by atoms with Crippen molar-refractivity contribution >= 4 is 17.3 Å². The standard InChI is InChI=1S/C14H19N3O2/c15-12-4-3-10(14(18)19)8-13(12)17-7-6-16-5-1-2-11(16)9-17/h3-4,8,11H,1-2,5-7,9,15H2,(H,18,19). The Morgan fingerprint density at radius 1 is 1.32 bits per heavy atom. The predicted octanol–water partition coefficient (Wildman–Crippen LogP) is 1.25. The number of carbonyl (C=O) groups is 1. The Morgan fingerprint density at radius 3 is 2.95 bits per heavy atom. The number of nitrogens with zero attached hydrogens (tertiary/aromatic N) is 2. The van der Waals surface area contributed by atoms with E-state index in [-0.39, 0.29) is 0 Å². The Balaban J connectivity index is 1.85. The number of piperazine rings is 1. The minimum atomic E-state index is -0.902. The third-order valence-corrected chi connectivity index (χ3v) is 4.21. The second-order valence-corrected chi connectivity index (χ2v) is 5.36. The number of carboxylic acid groups (broad SMARTS) is 1. The second kappa shape index (κ2) is 4.74. The molecule has 0 aromatic heterocycles. The lowest BCUT2D eigenvalue weighted by Gasteiger charge is -2.39. The molecule has 2 aliphatic rings. The molecule has 2 fully saturated rings. The number of nitrogens with two attached hydrogens (primary N) is 1. The molecule has 0 spiro atoms. The van der Waals surface area contributed by atoms with E-state index in [9.17, 15) is 4.79 Å². The fourth-order valence-corrected chi connectivity index (χ4v) is 3.16. The molecule has 1 aromatic carbocycles. The highest BCUT2D eigenvalue weighted by Gasteiger charge is 2.31. The molecule has 19 heavy (non-hydrogen) atoms. The molecule has 3 N–H and O–H groups in total. The summed E-state index contributed by atoms with van der Waals surface area (Å²) in [6.07, 6.45) is 2.50. The van der Waals surface area contributed by atoms with Crippen molar-refractivity contribution in [2.24, 2.45) is 0 Å². The van der Waals surface area contributed by atoms with Crippen LogP contribution in [0.15, 0.2) is 18.2 Å². The van der Waals surface area contributed by atoms with Crippen LogP contribution < -0.4 is 10.6 Å². The van der Waals surface area contributed by atoms with Crippen LogP contribution in [0, 0.1) is 0 Å². The third kappa shape index (κ3) is 2.26. The van der Waals surface area contributed by atoms with Crippen LogP contribution in [-0.4, -0.2) is 48.2 Å². The first-order valence-corrected chi connectivity index (χ1v) is 6.77. The summed E-state index contributed by atoms with van der Waals surface area (Å²) in [6, 6.07) is 5.55. The summed E-state index contributed by atoms with van der Waals surface area (Å²) in [5, 5.41) is 9.08. The average molecular weight is 261 g/mol. The molecule has 102 valence electrons. The zero-order valence-corrected chi connectivity index (χ0v) is 10.9. The molecule has 1 unspecified atom stereocenters. The van der Waals surface area contributed by atoms with Gasteiger partial charge in [-0.3, -0.25) is 4.90 Å². The van der Waals surface area contributed by atoms with Gasteiger partial charge in [0.05, 0.1) is 16.9 Å². The first kappa shape index (κ1) is 12.3. The van der Waals surface area contributed by atoms with Crippen molar-refractivity contribution < 1.29 is 9.90 Å². The predicted molar refractivity (Wildman–Crippen MR) is 74.6 cm³/mol. The Kier molecular flexibility index (Phi) is 3.06. The molecular formula is C14H19N3O2. The van der Waals surface area contributed by atoms with Gasteiger partial charge in [0.1, 0.15) is 0 Å². The summed E-state index contributed by atoms with van der Waals surface area (Å²) in [6.45, 7) is 4.11. The van der Waals surface area contributed by atoms with Crippen molar-refractivity contribution in [1.29, 1.82) is 0 Å². The zero-order valence-electron chi connectivity index (χ0n) is 10.9. The Labute approximate surface area is 112 Å². The van der Waals surface area contributed by atoms with Crippen LogP contribution in [0.2, 0.25) is 0 Å². The summed E-state index contributed by atoms with van der Waals surface area (Å²) in [4.78, 5) is 15.8. The van der Waals surface area contributed by atoms with Crippen molar-refractivity contribution in [2.45, 2.75) is 18.9 Å². The molecule has 1 atom stereocenters. The highest BCUT2D eigenvalue weighted by Crippen LogP contribution is 2.29. The number of benzene rings is 1. The Morgan fingerprint density at radius 2 is 2.16 bits per heavy atom. The summed E-state index contributed by atoms with van der Waals surface area (Å²) in [7, 11) is 0. The molecule has 2 aliphatic heterocycles. The maximum Gasteiger partial charge on any atom is 0.335 e. The quantitative estimate of drug-likeness (QED) is 0.784. The smallest absolute Gasteiger partial charge is 0.335 e. The van der Waals surface area contributed by atoms with Crippen LogP contribution in [0.4, 0.5) is 11.4 Å². The van der Waals surface area contributed by atoms with E-state index in [1.807, 2.05) is 0 Å². The van der Waals surface area contributed by atoms with Gasteiger partial charge < -0.3 is 15.7 Å². The van der Waals surface area contributed by atoms with Gasteiger partial charge in [0.25, 0.3) is 0 Å². The maximum absolute atomic E-state index is 11.1. The summed E-state index contributed by atoms with van der Waals surface area (Å²) in [5.74, 6) is -0.902. The van der Waals surface area contributed by atoms with Gasteiger partial charge in [0, 0.05) is 25.7 Å². The number of carboxylic acids is 1. The largest absolute Gasteiger partial charge is 0.478 e. The van der Waals surface area contributed by atoms with Gasteiger partial charge in [-0.15, -0.1) is 0 Å². The van der Waals surface area contributed by atoms with E-state index in [0.29, 0.717) is 17.3 Å². The molecule has 1 aromatic rings. The van der Waals surface area contributed by atoms with Gasteiger partial charge >= 0.3 is 5.97 Å². The third-order valence-electron chi connectivity index (χ3n) is 4.21. The van der Waals surface area contributed by atoms with E-state index < -0.39 is 5.97 Å². The van der Waals surface area contributed by atoms with E-state index in [1.54, 1.807) is 18.2 Å². The minimum Gasteiger partial charge on any atom is -0.478 e. The summed E-state index contributed by atoms with van der Waals surface area (Å²) in [5.41, 5.74) is 7.84. The molecule has 0 saturated carbocycles. The highest BCUT2D eigenvalue weighted by molar-refractivity contribution is 5.90. The number of anilines is 2. The Hall–Kier alpha value is -1.75. The fourth-order valence-electron chi connectivity index (χ4n) is 3.16. The van der Waals surface area contributed by atoms with Crippen molar-refractivity contribution in [3.63, 3.8) is 0 Å². The summed E-state index contributed by atoms with van der Waals surface area (Å²) >= 11 is 0. The normalized spacial score (nSPS) is 23.4. The second-order valence-electron chi connectivity index (χ2n) is 5.36. The average Bonchev–Trinajstić information content (AvgIpc) is 2.86. The number of nitrogen functional groups attached to an aromatic ring is 1. The number of hydrogen-bond donors (Lipinski definition) is 2. The van der Waals surface area contributed by atoms with Gasteiger partial charge in [-0.05, 0) is 37.6 Å². The van der Waals surface area contributed by atoms with Crippen molar-refractivity contribution in [3.8, 4) is 0 Å². The lowest BCUT2D eigenvalue weighted by atomic mass is 10.1. The van der Waals surface area contributed by atoms with Crippen LogP contribution >= 0.6 is 0 Å². The molecular weight excluding hydrogens is 242 g/mol. The van der Waals surface area contributed by atoms with Crippen molar-refractivity contribution in [3.05, 3.63) is 23.8 Å².